The van der Waals surface area contributed by atoms with Gasteiger partial charge in [-0.3, -0.25) is 4.79 Å². The second-order valence-corrected chi connectivity index (χ2v) is 7.65. The first-order valence-electron chi connectivity index (χ1n) is 10.3. The number of fused-ring (bicyclic) bond motifs is 1. The Labute approximate surface area is 171 Å². The average molecular weight is 393 g/mol. The standard InChI is InChI=1S/C23H27N3O3/c1-29-18-13-11-17(12-14-18)24-23(28)26-15-5-10-21(26)22(27)25-20-9-4-7-16-6-2-3-8-19(16)20/h4,7,9,11-14,21H,2-3,5-6,8,10,15H2,1H3,(H,24,28)(H,25,27)/t21-/m0/s1. The highest BCUT2D eigenvalue weighted by Crippen LogP contribution is 2.29. The van der Waals surface area contributed by atoms with E-state index in [2.05, 4.69) is 16.7 Å². The number of hydrogen-bond donors (Lipinski definition) is 2. The lowest BCUT2D eigenvalue weighted by Crippen LogP contribution is -2.45. The Bertz CT molecular complexity index is 895. The largest absolute Gasteiger partial charge is 0.497 e. The van der Waals surface area contributed by atoms with Gasteiger partial charge in [0, 0.05) is 17.9 Å². The Morgan fingerprint density at radius 2 is 1.79 bits per heavy atom. The summed E-state index contributed by atoms with van der Waals surface area (Å²) in [7, 11) is 1.60. The second kappa shape index (κ2) is 8.55. The molecule has 0 saturated carbocycles. The van der Waals surface area contributed by atoms with Crippen LogP contribution in [0.3, 0.4) is 0 Å². The number of nitrogens with one attached hydrogen (secondary N) is 2. The van der Waals surface area contributed by atoms with Crippen LogP contribution in [-0.4, -0.2) is 36.5 Å². The molecule has 2 aromatic rings. The van der Waals surface area contributed by atoms with Gasteiger partial charge < -0.3 is 20.3 Å². The van der Waals surface area contributed by atoms with E-state index in [1.165, 1.54) is 17.5 Å². The number of nitrogens with zero attached hydrogens (tertiary/aromatic N) is 1. The van der Waals surface area contributed by atoms with Gasteiger partial charge in [0.05, 0.1) is 7.11 Å². The molecule has 0 radical (unpaired) electrons. The maximum Gasteiger partial charge on any atom is 0.322 e. The molecule has 0 bridgehead atoms. The third kappa shape index (κ3) is 4.21. The van der Waals surface area contributed by atoms with Crippen LogP contribution in [0, 0.1) is 0 Å². The monoisotopic (exact) mass is 393 g/mol. The van der Waals surface area contributed by atoms with Crippen LogP contribution in [0.1, 0.15) is 36.8 Å². The van der Waals surface area contributed by atoms with Crippen molar-refractivity contribution in [3.05, 3.63) is 53.6 Å². The Hall–Kier alpha value is -3.02. The van der Waals surface area contributed by atoms with Crippen molar-refractivity contribution in [3.63, 3.8) is 0 Å². The zero-order valence-corrected chi connectivity index (χ0v) is 16.7. The zero-order valence-electron chi connectivity index (χ0n) is 16.7. The number of anilines is 2. The lowest BCUT2D eigenvalue weighted by Gasteiger charge is -2.25. The SMILES string of the molecule is COc1ccc(NC(=O)N2CCC[C@H]2C(=O)Nc2cccc3c2CCCC3)cc1. The van der Waals surface area contributed by atoms with Crippen LogP contribution >= 0.6 is 0 Å². The van der Waals surface area contributed by atoms with Gasteiger partial charge in [-0.05, 0) is 80.0 Å². The average Bonchev–Trinajstić information content (AvgIpc) is 3.25. The minimum atomic E-state index is -0.451. The van der Waals surface area contributed by atoms with Crippen LogP contribution in [0.4, 0.5) is 16.2 Å². The molecule has 1 saturated heterocycles. The number of hydrogen-bond acceptors (Lipinski definition) is 3. The van der Waals surface area contributed by atoms with Crippen molar-refractivity contribution in [1.29, 1.82) is 0 Å². The molecular formula is C23H27N3O3. The van der Waals surface area contributed by atoms with Crippen LogP contribution in [0.2, 0.25) is 0 Å². The van der Waals surface area contributed by atoms with E-state index < -0.39 is 6.04 Å². The Balaban J connectivity index is 1.43. The van der Waals surface area contributed by atoms with E-state index in [1.807, 2.05) is 12.1 Å². The molecule has 0 spiro atoms. The quantitative estimate of drug-likeness (QED) is 0.817. The van der Waals surface area contributed by atoms with Crippen LogP contribution in [0.25, 0.3) is 0 Å². The molecule has 0 aromatic heterocycles. The van der Waals surface area contributed by atoms with Crippen molar-refractivity contribution >= 4 is 23.3 Å². The molecule has 2 aliphatic rings. The summed E-state index contributed by atoms with van der Waals surface area (Å²) in [6.07, 6.45) is 5.92. The molecule has 6 heteroatoms. The van der Waals surface area contributed by atoms with E-state index >= 15 is 0 Å². The Morgan fingerprint density at radius 1 is 1.00 bits per heavy atom. The molecule has 1 fully saturated rings. The molecule has 1 atom stereocenters. The number of methoxy groups -OCH3 is 1. The number of likely N-dealkylation sites (tertiary alicyclic amines) is 1. The summed E-state index contributed by atoms with van der Waals surface area (Å²) in [4.78, 5) is 27.4. The molecule has 1 aliphatic carbocycles. The predicted molar refractivity (Wildman–Crippen MR) is 113 cm³/mol. The van der Waals surface area contributed by atoms with Gasteiger partial charge in [-0.25, -0.2) is 4.79 Å². The first-order valence-corrected chi connectivity index (χ1v) is 10.3. The Morgan fingerprint density at radius 3 is 2.59 bits per heavy atom. The van der Waals surface area contributed by atoms with Crippen molar-refractivity contribution in [1.82, 2.24) is 4.90 Å². The second-order valence-electron chi connectivity index (χ2n) is 7.65. The van der Waals surface area contributed by atoms with Gasteiger partial charge in [0.25, 0.3) is 0 Å². The summed E-state index contributed by atoms with van der Waals surface area (Å²) >= 11 is 0. The first kappa shape index (κ1) is 19.3. The number of rotatable bonds is 4. The summed E-state index contributed by atoms with van der Waals surface area (Å²) in [5.74, 6) is 0.624. The topological polar surface area (TPSA) is 70.7 Å². The van der Waals surface area contributed by atoms with Gasteiger partial charge in [-0.2, -0.15) is 0 Å². The van der Waals surface area contributed by atoms with Crippen molar-refractivity contribution < 1.29 is 14.3 Å². The third-order valence-electron chi connectivity index (χ3n) is 5.81. The smallest absolute Gasteiger partial charge is 0.322 e. The molecular weight excluding hydrogens is 366 g/mol. The molecule has 6 nitrogen and oxygen atoms in total. The Kier molecular flexibility index (Phi) is 5.69. The normalized spacial score (nSPS) is 18.1. The van der Waals surface area contributed by atoms with E-state index in [1.54, 1.807) is 36.3 Å². The lowest BCUT2D eigenvalue weighted by atomic mass is 9.90. The van der Waals surface area contributed by atoms with Gasteiger partial charge in [0.1, 0.15) is 11.8 Å². The summed E-state index contributed by atoms with van der Waals surface area (Å²) in [5.41, 5.74) is 4.16. The molecule has 29 heavy (non-hydrogen) atoms. The minimum Gasteiger partial charge on any atom is -0.497 e. The highest BCUT2D eigenvalue weighted by molar-refractivity contribution is 6.00. The van der Waals surface area contributed by atoms with E-state index in [4.69, 9.17) is 4.74 Å². The maximum atomic E-state index is 13.0. The van der Waals surface area contributed by atoms with E-state index in [-0.39, 0.29) is 11.9 Å². The molecule has 4 rings (SSSR count). The van der Waals surface area contributed by atoms with Crippen molar-refractivity contribution in [2.75, 3.05) is 24.3 Å². The van der Waals surface area contributed by atoms with Gasteiger partial charge >= 0.3 is 6.03 Å². The maximum absolute atomic E-state index is 13.0. The van der Waals surface area contributed by atoms with E-state index in [0.717, 1.165) is 37.1 Å². The molecule has 2 aromatic carbocycles. The van der Waals surface area contributed by atoms with Gasteiger partial charge in [-0.15, -0.1) is 0 Å². The van der Waals surface area contributed by atoms with Crippen molar-refractivity contribution in [2.24, 2.45) is 0 Å². The fourth-order valence-corrected chi connectivity index (χ4v) is 4.27. The molecule has 2 N–H and O–H groups in total. The first-order chi connectivity index (χ1) is 14.2. The summed E-state index contributed by atoms with van der Waals surface area (Å²) < 4.78 is 5.14. The fraction of sp³-hybridized carbons (Fsp3) is 0.391. The molecule has 152 valence electrons. The number of amides is 3. The van der Waals surface area contributed by atoms with Crippen LogP contribution < -0.4 is 15.4 Å². The number of urea groups is 1. The lowest BCUT2D eigenvalue weighted by molar-refractivity contribution is -0.119. The molecule has 1 heterocycles. The van der Waals surface area contributed by atoms with Crippen molar-refractivity contribution in [3.8, 4) is 5.75 Å². The van der Waals surface area contributed by atoms with Crippen LogP contribution in [0.15, 0.2) is 42.5 Å². The number of carbonyl (C=O) groups excluding carboxylic acids is 2. The van der Waals surface area contributed by atoms with E-state index in [9.17, 15) is 9.59 Å². The highest BCUT2D eigenvalue weighted by Gasteiger charge is 2.34. The van der Waals surface area contributed by atoms with E-state index in [0.29, 0.717) is 18.7 Å². The molecule has 1 aliphatic heterocycles. The minimum absolute atomic E-state index is 0.105. The fourth-order valence-electron chi connectivity index (χ4n) is 4.27. The molecule has 3 amide bonds. The predicted octanol–water partition coefficient (Wildman–Crippen LogP) is 4.21. The molecule has 0 unspecified atom stereocenters. The van der Waals surface area contributed by atoms with Crippen LogP contribution in [0.5, 0.6) is 5.75 Å². The highest BCUT2D eigenvalue weighted by atomic mass is 16.5. The van der Waals surface area contributed by atoms with Crippen LogP contribution in [-0.2, 0) is 17.6 Å². The third-order valence-corrected chi connectivity index (χ3v) is 5.81. The van der Waals surface area contributed by atoms with Gasteiger partial charge in [0.2, 0.25) is 5.91 Å². The summed E-state index contributed by atoms with van der Waals surface area (Å²) in [6, 6.07) is 12.6. The van der Waals surface area contributed by atoms with Gasteiger partial charge in [-0.1, -0.05) is 12.1 Å². The van der Waals surface area contributed by atoms with Gasteiger partial charge in [0.15, 0.2) is 0 Å². The number of ether oxygens (including phenoxy) is 1. The number of carbonyl (C=O) groups is 2. The summed E-state index contributed by atoms with van der Waals surface area (Å²) in [5, 5.41) is 5.98. The number of aryl methyl sites for hydroxylation is 1. The van der Waals surface area contributed by atoms with Crippen molar-refractivity contribution in [2.45, 2.75) is 44.6 Å². The number of benzene rings is 2. The summed E-state index contributed by atoms with van der Waals surface area (Å²) in [6.45, 7) is 0.576. The zero-order chi connectivity index (χ0) is 20.2.